The molecule has 0 bridgehead atoms. The normalized spacial score (nSPS) is 29.3. The number of nitrogens with zero attached hydrogens (tertiary/aromatic N) is 3. The molecule has 0 radical (unpaired) electrons. The van der Waals surface area contributed by atoms with Crippen LogP contribution < -0.4 is 0 Å². The second-order valence-electron chi connectivity index (χ2n) is 8.72. The minimum Gasteiger partial charge on any atom is -0.463 e. The largest absolute Gasteiger partial charge is 0.463 e. The average Bonchev–Trinajstić information content (AvgIpc) is 3.40. The molecule has 3 aliphatic rings. The van der Waals surface area contributed by atoms with E-state index in [0.29, 0.717) is 0 Å². The SMILES string of the molecule is c1coc(-c2ccc(CC3C[C@@H]4CN(CC5CCOCC5)C[C@@H]4C3)nn2)c1. The van der Waals surface area contributed by atoms with Crippen molar-refractivity contribution < 1.29 is 9.15 Å². The fourth-order valence-electron chi connectivity index (χ4n) is 5.45. The molecule has 1 unspecified atom stereocenters. The molecular formula is C22H29N3O2. The van der Waals surface area contributed by atoms with Crippen LogP contribution in [0.5, 0.6) is 0 Å². The third-order valence-electron chi connectivity index (χ3n) is 6.77. The number of hydrogen-bond acceptors (Lipinski definition) is 5. The number of ether oxygens (including phenoxy) is 1. The maximum atomic E-state index is 5.50. The molecule has 0 amide bonds. The van der Waals surface area contributed by atoms with E-state index in [1.54, 1.807) is 6.26 Å². The van der Waals surface area contributed by atoms with Crippen LogP contribution in [0.1, 0.15) is 31.4 Å². The van der Waals surface area contributed by atoms with Gasteiger partial charge in [-0.1, -0.05) is 0 Å². The van der Waals surface area contributed by atoms with E-state index < -0.39 is 0 Å². The van der Waals surface area contributed by atoms with Gasteiger partial charge in [0.2, 0.25) is 0 Å². The lowest BCUT2D eigenvalue weighted by molar-refractivity contribution is 0.0544. The first-order valence-corrected chi connectivity index (χ1v) is 10.5. The van der Waals surface area contributed by atoms with E-state index in [1.165, 1.54) is 45.3 Å². The summed E-state index contributed by atoms with van der Waals surface area (Å²) in [6.45, 7) is 5.84. The highest BCUT2D eigenvalue weighted by atomic mass is 16.5. The molecule has 0 aromatic carbocycles. The van der Waals surface area contributed by atoms with E-state index in [-0.39, 0.29) is 0 Å². The van der Waals surface area contributed by atoms with Gasteiger partial charge >= 0.3 is 0 Å². The van der Waals surface area contributed by atoms with E-state index in [4.69, 9.17) is 9.15 Å². The summed E-state index contributed by atoms with van der Waals surface area (Å²) < 4.78 is 10.9. The number of likely N-dealkylation sites (tertiary alicyclic amines) is 1. The molecule has 2 aromatic rings. The van der Waals surface area contributed by atoms with E-state index in [2.05, 4.69) is 21.2 Å². The van der Waals surface area contributed by atoms with Gasteiger partial charge in [-0.2, -0.15) is 5.10 Å². The van der Waals surface area contributed by atoms with Gasteiger partial charge in [0, 0.05) is 32.8 Å². The lowest BCUT2D eigenvalue weighted by atomic mass is 9.98. The Morgan fingerprint density at radius 1 is 0.963 bits per heavy atom. The summed E-state index contributed by atoms with van der Waals surface area (Å²) in [5.41, 5.74) is 1.94. The second kappa shape index (κ2) is 7.72. The van der Waals surface area contributed by atoms with E-state index >= 15 is 0 Å². The Morgan fingerprint density at radius 2 is 1.78 bits per heavy atom. The predicted octanol–water partition coefficient (Wildman–Crippen LogP) is 3.66. The van der Waals surface area contributed by atoms with Gasteiger partial charge in [-0.3, -0.25) is 0 Å². The van der Waals surface area contributed by atoms with Crippen LogP contribution in [-0.4, -0.2) is 47.9 Å². The van der Waals surface area contributed by atoms with Crippen LogP contribution in [0.2, 0.25) is 0 Å². The molecule has 27 heavy (non-hydrogen) atoms. The van der Waals surface area contributed by atoms with Crippen LogP contribution in [0.3, 0.4) is 0 Å². The van der Waals surface area contributed by atoms with Gasteiger partial charge in [0.05, 0.1) is 12.0 Å². The van der Waals surface area contributed by atoms with Gasteiger partial charge in [-0.25, -0.2) is 0 Å². The molecule has 0 N–H and O–H groups in total. The van der Waals surface area contributed by atoms with Gasteiger partial charge in [-0.15, -0.1) is 5.10 Å². The molecule has 5 nitrogen and oxygen atoms in total. The maximum Gasteiger partial charge on any atom is 0.154 e. The molecule has 3 atom stereocenters. The third-order valence-corrected chi connectivity index (χ3v) is 6.77. The Labute approximate surface area is 161 Å². The monoisotopic (exact) mass is 367 g/mol. The topological polar surface area (TPSA) is 51.4 Å². The van der Waals surface area contributed by atoms with Crippen LogP contribution in [-0.2, 0) is 11.2 Å². The first-order valence-electron chi connectivity index (χ1n) is 10.5. The highest BCUT2D eigenvalue weighted by Crippen LogP contribution is 2.43. The summed E-state index contributed by atoms with van der Waals surface area (Å²) >= 11 is 0. The highest BCUT2D eigenvalue weighted by molar-refractivity contribution is 5.50. The molecule has 4 heterocycles. The Bertz CT molecular complexity index is 711. The van der Waals surface area contributed by atoms with E-state index in [0.717, 1.165) is 60.5 Å². The maximum absolute atomic E-state index is 5.50. The molecular weight excluding hydrogens is 338 g/mol. The van der Waals surface area contributed by atoms with Crippen molar-refractivity contribution in [2.45, 2.75) is 32.1 Å². The summed E-state index contributed by atoms with van der Waals surface area (Å²) in [7, 11) is 0. The Kier molecular flexibility index (Phi) is 4.97. The number of furan rings is 1. The van der Waals surface area contributed by atoms with Gasteiger partial charge in [-0.05, 0) is 80.0 Å². The Hall–Kier alpha value is -1.72. The lowest BCUT2D eigenvalue weighted by Gasteiger charge is -2.27. The molecule has 2 aliphatic heterocycles. The van der Waals surface area contributed by atoms with Crippen molar-refractivity contribution in [3.63, 3.8) is 0 Å². The second-order valence-corrected chi connectivity index (χ2v) is 8.72. The van der Waals surface area contributed by atoms with E-state index in [9.17, 15) is 0 Å². The summed E-state index contributed by atoms with van der Waals surface area (Å²) in [5.74, 6) is 4.20. The molecule has 5 rings (SSSR count). The van der Waals surface area contributed by atoms with Crippen molar-refractivity contribution in [1.82, 2.24) is 15.1 Å². The lowest BCUT2D eigenvalue weighted by Crippen LogP contribution is -2.31. The van der Waals surface area contributed by atoms with Crippen LogP contribution in [0.25, 0.3) is 11.5 Å². The molecule has 0 spiro atoms. The fraction of sp³-hybridized carbons (Fsp3) is 0.636. The van der Waals surface area contributed by atoms with Crippen LogP contribution in [0.15, 0.2) is 34.9 Å². The van der Waals surface area contributed by atoms with Crippen molar-refractivity contribution in [3.05, 3.63) is 36.2 Å². The van der Waals surface area contributed by atoms with Gasteiger partial charge in [0.15, 0.2) is 5.76 Å². The van der Waals surface area contributed by atoms with Crippen molar-refractivity contribution in [3.8, 4) is 11.5 Å². The molecule has 2 saturated heterocycles. The zero-order valence-corrected chi connectivity index (χ0v) is 15.9. The highest BCUT2D eigenvalue weighted by Gasteiger charge is 2.41. The standard InChI is InChI=1S/C22H29N3O2/c1-2-22(27-7-1)21-4-3-20(23-24-21)12-17-10-18-14-25(15-19(18)11-17)13-16-5-8-26-9-6-16/h1-4,7,16-19H,5-6,8-15H2/t17?,18-,19+. The summed E-state index contributed by atoms with van der Waals surface area (Å²) in [4.78, 5) is 2.74. The summed E-state index contributed by atoms with van der Waals surface area (Å²) in [6.07, 6.45) is 7.96. The van der Waals surface area contributed by atoms with Crippen molar-refractivity contribution in [2.75, 3.05) is 32.8 Å². The van der Waals surface area contributed by atoms with Crippen molar-refractivity contribution in [1.29, 1.82) is 0 Å². The van der Waals surface area contributed by atoms with Crippen molar-refractivity contribution >= 4 is 0 Å². The minimum atomic E-state index is 0.772. The first-order chi connectivity index (χ1) is 13.3. The fourth-order valence-corrected chi connectivity index (χ4v) is 5.45. The quantitative estimate of drug-likeness (QED) is 0.807. The Balaban J connectivity index is 1.12. The van der Waals surface area contributed by atoms with Crippen LogP contribution in [0, 0.1) is 23.7 Å². The minimum absolute atomic E-state index is 0.772. The number of rotatable bonds is 5. The van der Waals surface area contributed by atoms with Gasteiger partial charge < -0.3 is 14.1 Å². The molecule has 1 aliphatic carbocycles. The molecule has 2 aromatic heterocycles. The molecule has 1 saturated carbocycles. The van der Waals surface area contributed by atoms with Gasteiger partial charge in [0.25, 0.3) is 0 Å². The number of fused-ring (bicyclic) bond motifs is 1. The summed E-state index contributed by atoms with van der Waals surface area (Å²) in [5, 5.41) is 8.80. The summed E-state index contributed by atoms with van der Waals surface area (Å²) in [6, 6.07) is 7.96. The average molecular weight is 367 g/mol. The van der Waals surface area contributed by atoms with Crippen LogP contribution in [0.4, 0.5) is 0 Å². The molecule has 144 valence electrons. The smallest absolute Gasteiger partial charge is 0.154 e. The number of hydrogen-bond donors (Lipinski definition) is 0. The Morgan fingerprint density at radius 3 is 2.44 bits per heavy atom. The zero-order valence-electron chi connectivity index (χ0n) is 15.9. The van der Waals surface area contributed by atoms with Crippen molar-refractivity contribution in [2.24, 2.45) is 23.7 Å². The molecule has 5 heteroatoms. The van der Waals surface area contributed by atoms with Gasteiger partial charge in [0.1, 0.15) is 5.69 Å². The van der Waals surface area contributed by atoms with E-state index in [1.807, 2.05) is 18.2 Å². The zero-order chi connectivity index (χ0) is 18.1. The first kappa shape index (κ1) is 17.4. The number of aromatic nitrogens is 2. The van der Waals surface area contributed by atoms with Crippen LogP contribution >= 0.6 is 0 Å². The predicted molar refractivity (Wildman–Crippen MR) is 103 cm³/mol. The third kappa shape index (κ3) is 3.94. The molecule has 3 fully saturated rings.